The molecule has 0 aliphatic carbocycles. The number of carbonyl (C=O) groups is 1. The van der Waals surface area contributed by atoms with Gasteiger partial charge in [0.1, 0.15) is 0 Å². The number of carbonyl (C=O) groups excluding carboxylic acids is 1. The molecule has 28 heavy (non-hydrogen) atoms. The third kappa shape index (κ3) is 3.72. The number of nitro benzene ring substituents is 1. The van der Waals surface area contributed by atoms with Crippen LogP contribution in [0.4, 0.5) is 11.4 Å². The van der Waals surface area contributed by atoms with E-state index in [-0.39, 0.29) is 12.3 Å². The summed E-state index contributed by atoms with van der Waals surface area (Å²) in [6.45, 7) is 3.79. The van der Waals surface area contributed by atoms with Gasteiger partial charge in [-0.05, 0) is 55.9 Å². The van der Waals surface area contributed by atoms with Gasteiger partial charge in [0, 0.05) is 23.5 Å². The molecule has 1 aliphatic heterocycles. The van der Waals surface area contributed by atoms with E-state index in [1.54, 1.807) is 24.0 Å². The van der Waals surface area contributed by atoms with E-state index in [0.29, 0.717) is 21.9 Å². The number of thiocarbonyl (C=S) groups is 1. The molecule has 0 radical (unpaired) electrons. The lowest BCUT2D eigenvalue weighted by atomic mass is 9.94. The van der Waals surface area contributed by atoms with Crippen molar-refractivity contribution in [3.63, 3.8) is 0 Å². The lowest BCUT2D eigenvalue weighted by Crippen LogP contribution is -2.48. The molecule has 0 fully saturated rings. The largest absolute Gasteiger partial charge is 0.463 e. The average molecular weight is 397 g/mol. The second kappa shape index (κ2) is 8.18. The summed E-state index contributed by atoms with van der Waals surface area (Å²) in [5.41, 5.74) is 2.54. The normalized spacial score (nSPS) is 16.6. The molecule has 0 saturated heterocycles. The van der Waals surface area contributed by atoms with Crippen LogP contribution in [0.15, 0.2) is 65.9 Å². The van der Waals surface area contributed by atoms with Crippen molar-refractivity contribution < 1.29 is 14.5 Å². The maximum absolute atomic E-state index is 12.8. The minimum Gasteiger partial charge on any atom is -0.463 e. The summed E-state index contributed by atoms with van der Waals surface area (Å²) in [5, 5.41) is 14.5. The minimum absolute atomic E-state index is 0.0218. The van der Waals surface area contributed by atoms with Gasteiger partial charge < -0.3 is 10.1 Å². The number of hydrogen-bond acceptors (Lipinski definition) is 5. The molecule has 8 heteroatoms. The summed E-state index contributed by atoms with van der Waals surface area (Å²) in [6, 6.07) is 14.9. The van der Waals surface area contributed by atoms with E-state index in [1.165, 1.54) is 12.1 Å². The summed E-state index contributed by atoms with van der Waals surface area (Å²) in [6.07, 6.45) is 0. The molecule has 1 heterocycles. The Bertz CT molecular complexity index is 942. The second-order valence-corrected chi connectivity index (χ2v) is 6.51. The number of ether oxygens (including phenoxy) is 1. The van der Waals surface area contributed by atoms with Crippen LogP contribution < -0.4 is 10.2 Å². The standard InChI is InChI=1S/C20H19N3O4S/c1-3-27-19(24)17-13(2)22(15-7-5-4-6-8-15)20(28)21-18(17)14-9-11-16(12-10-14)23(25)26/h4-12,18H,3H2,1-2H3,(H,21,28). The predicted octanol–water partition coefficient (Wildman–Crippen LogP) is 3.87. The number of rotatable bonds is 5. The van der Waals surface area contributed by atoms with Crippen molar-refractivity contribution in [1.29, 1.82) is 0 Å². The van der Waals surface area contributed by atoms with Crippen molar-refractivity contribution >= 4 is 34.7 Å². The fraction of sp³-hybridized carbons (Fsp3) is 0.200. The number of nitrogens with zero attached hydrogens (tertiary/aromatic N) is 2. The van der Waals surface area contributed by atoms with Crippen LogP contribution in [-0.4, -0.2) is 22.6 Å². The number of nitro groups is 1. The Hall–Kier alpha value is -3.26. The highest BCUT2D eigenvalue weighted by atomic mass is 32.1. The van der Waals surface area contributed by atoms with E-state index in [9.17, 15) is 14.9 Å². The van der Waals surface area contributed by atoms with Gasteiger partial charge in [-0.25, -0.2) is 4.79 Å². The van der Waals surface area contributed by atoms with Crippen molar-refractivity contribution in [2.45, 2.75) is 19.9 Å². The van der Waals surface area contributed by atoms with Crippen LogP contribution in [0, 0.1) is 10.1 Å². The Morgan fingerprint density at radius 1 is 1.21 bits per heavy atom. The van der Waals surface area contributed by atoms with Crippen LogP contribution in [0.5, 0.6) is 0 Å². The van der Waals surface area contributed by atoms with Gasteiger partial charge in [0.05, 0.1) is 23.1 Å². The summed E-state index contributed by atoms with van der Waals surface area (Å²) in [7, 11) is 0. The zero-order valence-corrected chi connectivity index (χ0v) is 16.2. The molecule has 0 spiro atoms. The first kappa shape index (κ1) is 19.5. The van der Waals surface area contributed by atoms with E-state index >= 15 is 0 Å². The molecule has 0 aromatic heterocycles. The molecule has 1 atom stereocenters. The SMILES string of the molecule is CCOC(=O)C1=C(C)N(c2ccccc2)C(=S)NC1c1ccc([N+](=O)[O-])cc1. The van der Waals surface area contributed by atoms with Crippen LogP contribution >= 0.6 is 12.2 Å². The molecule has 7 nitrogen and oxygen atoms in total. The van der Waals surface area contributed by atoms with Crippen molar-refractivity contribution in [1.82, 2.24) is 5.32 Å². The third-order valence-corrected chi connectivity index (χ3v) is 4.73. The number of non-ortho nitro benzene ring substituents is 1. The quantitative estimate of drug-likeness (QED) is 0.355. The molecular formula is C20H19N3O4S. The first-order chi connectivity index (χ1) is 13.4. The number of nitrogens with one attached hydrogen (secondary N) is 1. The highest BCUT2D eigenvalue weighted by Crippen LogP contribution is 2.34. The van der Waals surface area contributed by atoms with E-state index in [1.807, 2.05) is 37.3 Å². The minimum atomic E-state index is -0.563. The molecule has 2 aromatic rings. The smallest absolute Gasteiger partial charge is 0.338 e. The third-order valence-electron chi connectivity index (χ3n) is 4.43. The number of allylic oxidation sites excluding steroid dienone is 1. The van der Waals surface area contributed by atoms with Gasteiger partial charge in [-0.1, -0.05) is 18.2 Å². The molecule has 1 aliphatic rings. The Morgan fingerprint density at radius 3 is 2.43 bits per heavy atom. The summed E-state index contributed by atoms with van der Waals surface area (Å²) in [5.74, 6) is -0.459. The van der Waals surface area contributed by atoms with Gasteiger partial charge in [-0.15, -0.1) is 0 Å². The van der Waals surface area contributed by atoms with Gasteiger partial charge in [0.25, 0.3) is 5.69 Å². The first-order valence-corrected chi connectivity index (χ1v) is 9.12. The fourth-order valence-corrected chi connectivity index (χ4v) is 3.50. The number of benzene rings is 2. The monoisotopic (exact) mass is 397 g/mol. The van der Waals surface area contributed by atoms with Gasteiger partial charge in [-0.2, -0.15) is 0 Å². The Morgan fingerprint density at radius 2 is 1.86 bits per heavy atom. The van der Waals surface area contributed by atoms with E-state index in [0.717, 1.165) is 5.69 Å². The molecule has 3 rings (SSSR count). The lowest BCUT2D eigenvalue weighted by Gasteiger charge is -2.37. The topological polar surface area (TPSA) is 84.7 Å². The summed E-state index contributed by atoms with van der Waals surface area (Å²) >= 11 is 5.56. The van der Waals surface area contributed by atoms with E-state index in [2.05, 4.69) is 5.32 Å². The van der Waals surface area contributed by atoms with Gasteiger partial charge in [0.15, 0.2) is 5.11 Å². The maximum Gasteiger partial charge on any atom is 0.338 e. The lowest BCUT2D eigenvalue weighted by molar-refractivity contribution is -0.384. The summed E-state index contributed by atoms with van der Waals surface area (Å²) in [4.78, 5) is 25.0. The van der Waals surface area contributed by atoms with Crippen LogP contribution in [0.3, 0.4) is 0 Å². The van der Waals surface area contributed by atoms with Crippen LogP contribution in [0.25, 0.3) is 0 Å². The highest BCUT2D eigenvalue weighted by Gasteiger charge is 2.35. The number of anilines is 1. The zero-order chi connectivity index (χ0) is 20.3. The number of para-hydroxylation sites is 1. The zero-order valence-electron chi connectivity index (χ0n) is 15.4. The van der Waals surface area contributed by atoms with E-state index < -0.39 is 16.9 Å². The molecule has 0 bridgehead atoms. The molecule has 144 valence electrons. The van der Waals surface area contributed by atoms with E-state index in [4.69, 9.17) is 17.0 Å². The van der Waals surface area contributed by atoms with Gasteiger partial charge >= 0.3 is 5.97 Å². The van der Waals surface area contributed by atoms with Crippen molar-refractivity contribution in [3.8, 4) is 0 Å². The Balaban J connectivity index is 2.09. The molecule has 0 saturated carbocycles. The van der Waals surface area contributed by atoms with Crippen molar-refractivity contribution in [3.05, 3.63) is 81.5 Å². The van der Waals surface area contributed by atoms with Crippen molar-refractivity contribution in [2.24, 2.45) is 0 Å². The van der Waals surface area contributed by atoms with Crippen LogP contribution in [0.1, 0.15) is 25.5 Å². The second-order valence-electron chi connectivity index (χ2n) is 6.12. The average Bonchev–Trinajstić information content (AvgIpc) is 2.68. The highest BCUT2D eigenvalue weighted by molar-refractivity contribution is 7.80. The van der Waals surface area contributed by atoms with Gasteiger partial charge in [-0.3, -0.25) is 15.0 Å². The fourth-order valence-electron chi connectivity index (χ4n) is 3.14. The first-order valence-electron chi connectivity index (χ1n) is 8.72. The Kier molecular flexibility index (Phi) is 5.70. The van der Waals surface area contributed by atoms with Crippen LogP contribution in [0.2, 0.25) is 0 Å². The Labute approximate surface area is 167 Å². The molecule has 2 aromatic carbocycles. The molecule has 1 N–H and O–H groups in total. The van der Waals surface area contributed by atoms with Crippen molar-refractivity contribution in [2.75, 3.05) is 11.5 Å². The molecule has 0 amide bonds. The number of esters is 1. The molecule has 1 unspecified atom stereocenters. The molecular weight excluding hydrogens is 378 g/mol. The van der Waals surface area contributed by atoms with Crippen LogP contribution in [-0.2, 0) is 9.53 Å². The maximum atomic E-state index is 12.8. The van der Waals surface area contributed by atoms with Gasteiger partial charge in [0.2, 0.25) is 0 Å². The summed E-state index contributed by atoms with van der Waals surface area (Å²) < 4.78 is 5.27. The predicted molar refractivity (Wildman–Crippen MR) is 110 cm³/mol. The number of hydrogen-bond donors (Lipinski definition) is 1.